The number of hydrogen-bond acceptors (Lipinski definition) is 6. The fraction of sp³-hybridized carbons (Fsp3) is 0.381. The lowest BCUT2D eigenvalue weighted by Gasteiger charge is -2.08. The van der Waals surface area contributed by atoms with E-state index in [0.717, 1.165) is 11.1 Å². The lowest BCUT2D eigenvalue weighted by atomic mass is 10.1. The second-order valence-electron chi connectivity index (χ2n) is 7.64. The number of hydrogen-bond donors (Lipinski definition) is 2. The molecule has 11 heteroatoms. The number of alkyl halides is 3. The van der Waals surface area contributed by atoms with E-state index in [1.807, 2.05) is 6.92 Å². The minimum absolute atomic E-state index is 0.0547. The Kier molecular flexibility index (Phi) is 4.55. The van der Waals surface area contributed by atoms with E-state index in [2.05, 4.69) is 42.8 Å². The first kappa shape index (κ1) is 17.9. The average molecular weight is 446 g/mol. The number of halogens is 3. The first-order valence-electron chi connectivity index (χ1n) is 11.2. The number of carbonyl (C=O) groups is 1. The second kappa shape index (κ2) is 8.11. The summed E-state index contributed by atoms with van der Waals surface area (Å²) in [5.41, 5.74) is 1.01. The predicted octanol–water partition coefficient (Wildman–Crippen LogP) is 3.13. The highest BCUT2D eigenvalue weighted by Crippen LogP contribution is 2.38. The number of aryl methyl sites for hydroxylation is 1. The molecule has 0 spiro atoms. The van der Waals surface area contributed by atoms with E-state index >= 15 is 0 Å². The third-order valence-corrected chi connectivity index (χ3v) is 5.07. The number of rotatable bonds is 4. The van der Waals surface area contributed by atoms with Crippen LogP contribution in [0.2, 0.25) is 0 Å². The van der Waals surface area contributed by atoms with E-state index in [0.29, 0.717) is 16.6 Å². The van der Waals surface area contributed by atoms with Gasteiger partial charge in [0.15, 0.2) is 11.6 Å². The van der Waals surface area contributed by atoms with Gasteiger partial charge in [0, 0.05) is 34.8 Å². The molecule has 3 aromatic heterocycles. The van der Waals surface area contributed by atoms with Gasteiger partial charge in [0.05, 0.1) is 16.8 Å². The number of aromatic nitrogens is 5. The summed E-state index contributed by atoms with van der Waals surface area (Å²) in [5, 5.41) is 17.2. The number of anilines is 2. The Hall–Kier alpha value is -3.68. The lowest BCUT2D eigenvalue weighted by Crippen LogP contribution is -2.17. The molecule has 3 heterocycles. The van der Waals surface area contributed by atoms with Crippen LogP contribution in [-0.4, -0.2) is 44.0 Å². The molecule has 0 radical (unpaired) electrons. The molecular formula is C21H20F3N7O. The molecule has 1 fully saturated rings. The number of nitrogens with zero attached hydrogens (tertiary/aromatic N) is 5. The summed E-state index contributed by atoms with van der Waals surface area (Å²) >= 11 is 0. The minimum atomic E-state index is -4.42. The molecule has 2 N–H and O–H groups in total. The summed E-state index contributed by atoms with van der Waals surface area (Å²) in [5.74, 6) is 5.71. The van der Waals surface area contributed by atoms with Gasteiger partial charge in [-0.1, -0.05) is 18.8 Å². The summed E-state index contributed by atoms with van der Waals surface area (Å²) < 4.78 is 61.1. The van der Waals surface area contributed by atoms with Gasteiger partial charge >= 0.3 is 6.18 Å². The molecule has 8 nitrogen and oxygen atoms in total. The number of nitrogens with one attached hydrogen (secondary N) is 2. The van der Waals surface area contributed by atoms with Crippen LogP contribution in [0.15, 0.2) is 18.5 Å². The summed E-state index contributed by atoms with van der Waals surface area (Å²) in [7, 11) is 0. The van der Waals surface area contributed by atoms with Gasteiger partial charge in [0.25, 0.3) is 0 Å². The Balaban J connectivity index is 1.72. The Morgan fingerprint density at radius 1 is 1.34 bits per heavy atom. The normalized spacial score (nSPS) is 19.3. The van der Waals surface area contributed by atoms with Crippen LogP contribution in [0.5, 0.6) is 0 Å². The topological polar surface area (TPSA) is 97.6 Å². The highest BCUT2D eigenvalue weighted by atomic mass is 19.4. The molecule has 0 bridgehead atoms. The van der Waals surface area contributed by atoms with Crippen LogP contribution in [0.3, 0.4) is 0 Å². The van der Waals surface area contributed by atoms with Crippen molar-refractivity contribution in [2.75, 3.05) is 17.6 Å². The first-order chi connectivity index (χ1) is 16.3. The SMILES string of the molecule is [2H]C([2H])([2H])Nc1ncc(C#Cc2cn(CC(F)(F)F)nc2C)c2cc(NC(=O)[C@H]3C[C@H]3C)nnc12. The van der Waals surface area contributed by atoms with Gasteiger partial charge in [-0.15, -0.1) is 10.2 Å². The number of pyridine rings is 1. The van der Waals surface area contributed by atoms with Crippen molar-refractivity contribution in [1.29, 1.82) is 0 Å². The van der Waals surface area contributed by atoms with Gasteiger partial charge in [0.1, 0.15) is 12.1 Å². The van der Waals surface area contributed by atoms with E-state index in [9.17, 15) is 18.0 Å². The second-order valence-corrected chi connectivity index (χ2v) is 7.64. The standard InChI is InChI=1S/C21H20F3N7O/c1-11-6-15(11)20(32)27-17-7-16-13(8-26-19(25-3)18(16)29-28-17)4-5-14-9-31(30-12(14)2)10-21(22,23)24/h7-9,11,15H,6,10H2,1-3H3,(H,25,26)(H,27,28,32)/t11-,15+/m1/s1/i3D3. The van der Waals surface area contributed by atoms with Gasteiger partial charge in [-0.3, -0.25) is 9.48 Å². The van der Waals surface area contributed by atoms with Crippen molar-refractivity contribution in [3.63, 3.8) is 0 Å². The van der Waals surface area contributed by atoms with Crippen LogP contribution in [0, 0.1) is 30.6 Å². The zero-order chi connectivity index (χ0) is 25.5. The molecule has 166 valence electrons. The lowest BCUT2D eigenvalue weighted by molar-refractivity contribution is -0.142. The molecule has 0 aliphatic heterocycles. The van der Waals surface area contributed by atoms with Crippen molar-refractivity contribution in [3.05, 3.63) is 35.3 Å². The Morgan fingerprint density at radius 2 is 2.09 bits per heavy atom. The highest BCUT2D eigenvalue weighted by Gasteiger charge is 2.39. The van der Waals surface area contributed by atoms with Crippen LogP contribution >= 0.6 is 0 Å². The van der Waals surface area contributed by atoms with Crippen molar-refractivity contribution in [3.8, 4) is 11.8 Å². The van der Waals surface area contributed by atoms with Crippen molar-refractivity contribution in [1.82, 2.24) is 25.0 Å². The number of carbonyl (C=O) groups excluding carboxylic acids is 1. The molecule has 1 aliphatic carbocycles. The van der Waals surface area contributed by atoms with Gasteiger partial charge in [-0.2, -0.15) is 18.3 Å². The zero-order valence-corrected chi connectivity index (χ0v) is 17.1. The van der Waals surface area contributed by atoms with Gasteiger partial charge in [-0.25, -0.2) is 4.98 Å². The maximum atomic E-state index is 12.7. The molecule has 1 aliphatic rings. The minimum Gasteiger partial charge on any atom is -0.371 e. The molecule has 2 atom stereocenters. The van der Waals surface area contributed by atoms with Crippen LogP contribution in [0.25, 0.3) is 10.9 Å². The van der Waals surface area contributed by atoms with E-state index in [1.165, 1.54) is 25.4 Å². The van der Waals surface area contributed by atoms with Crippen LogP contribution in [0.1, 0.15) is 34.3 Å². The molecule has 1 saturated carbocycles. The maximum Gasteiger partial charge on any atom is 0.408 e. The van der Waals surface area contributed by atoms with Crippen LogP contribution in [-0.2, 0) is 11.3 Å². The molecule has 0 saturated heterocycles. The van der Waals surface area contributed by atoms with Crippen molar-refractivity contribution in [2.24, 2.45) is 11.8 Å². The molecule has 1 amide bonds. The largest absolute Gasteiger partial charge is 0.408 e. The van der Waals surface area contributed by atoms with Crippen LogP contribution < -0.4 is 10.6 Å². The smallest absolute Gasteiger partial charge is 0.371 e. The highest BCUT2D eigenvalue weighted by molar-refractivity contribution is 5.97. The van der Waals surface area contributed by atoms with Crippen molar-refractivity contribution in [2.45, 2.75) is 33.0 Å². The first-order valence-corrected chi connectivity index (χ1v) is 9.67. The molecule has 0 aromatic carbocycles. The van der Waals surface area contributed by atoms with E-state index in [1.54, 1.807) is 0 Å². The fourth-order valence-corrected chi connectivity index (χ4v) is 3.23. The predicted molar refractivity (Wildman–Crippen MR) is 112 cm³/mol. The molecule has 4 rings (SSSR count). The van der Waals surface area contributed by atoms with Gasteiger partial charge < -0.3 is 10.6 Å². The molecule has 32 heavy (non-hydrogen) atoms. The average Bonchev–Trinajstić information content (AvgIpc) is 3.36. The summed E-state index contributed by atoms with van der Waals surface area (Å²) in [6.45, 7) is -0.294. The summed E-state index contributed by atoms with van der Waals surface area (Å²) in [6.07, 6.45) is -1.14. The van der Waals surface area contributed by atoms with E-state index < -0.39 is 19.7 Å². The van der Waals surface area contributed by atoms with Crippen molar-refractivity contribution >= 4 is 28.4 Å². The van der Waals surface area contributed by atoms with Crippen LogP contribution in [0.4, 0.5) is 24.8 Å². The fourth-order valence-electron chi connectivity index (χ4n) is 3.23. The van der Waals surface area contributed by atoms with E-state index in [-0.39, 0.29) is 40.5 Å². The third-order valence-electron chi connectivity index (χ3n) is 5.07. The molecule has 3 aromatic rings. The van der Waals surface area contributed by atoms with E-state index in [4.69, 9.17) is 4.11 Å². The third kappa shape index (κ3) is 4.64. The maximum absolute atomic E-state index is 12.7. The Morgan fingerprint density at radius 3 is 2.78 bits per heavy atom. The summed E-state index contributed by atoms with van der Waals surface area (Å²) in [6, 6.07) is 1.50. The summed E-state index contributed by atoms with van der Waals surface area (Å²) in [4.78, 5) is 16.4. The number of amides is 1. The van der Waals surface area contributed by atoms with Gasteiger partial charge in [0.2, 0.25) is 5.91 Å². The Bertz CT molecular complexity index is 1360. The molecule has 0 unspecified atom stereocenters. The zero-order valence-electron chi connectivity index (χ0n) is 20.1. The van der Waals surface area contributed by atoms with Crippen molar-refractivity contribution < 1.29 is 22.1 Å². The molecular weight excluding hydrogens is 423 g/mol. The van der Waals surface area contributed by atoms with Gasteiger partial charge in [-0.05, 0) is 25.3 Å². The number of fused-ring (bicyclic) bond motifs is 1. The quantitative estimate of drug-likeness (QED) is 0.598. The monoisotopic (exact) mass is 446 g/mol. The Labute approximate surface area is 185 Å².